The summed E-state index contributed by atoms with van der Waals surface area (Å²) in [6.45, 7) is 12.1. The van der Waals surface area contributed by atoms with E-state index in [2.05, 4.69) is 85.1 Å². The molecule has 13 heteroatoms. The Morgan fingerprint density at radius 2 is 1.27 bits per heavy atom. The van der Waals surface area contributed by atoms with Crippen molar-refractivity contribution in [2.24, 2.45) is 5.11 Å². The minimum atomic E-state index is -2.13. The van der Waals surface area contributed by atoms with Crippen molar-refractivity contribution < 1.29 is 42.5 Å². The summed E-state index contributed by atoms with van der Waals surface area (Å²) in [6, 6.07) is 10.4. The molecule has 0 radical (unpaired) electrons. The highest BCUT2D eigenvalue weighted by Gasteiger charge is 2.41. The fourth-order valence-electron chi connectivity index (χ4n) is 5.98. The van der Waals surface area contributed by atoms with E-state index in [1.54, 1.807) is 14.2 Å². The number of azide groups is 1. The quantitative estimate of drug-likeness (QED) is 0.0388. The summed E-state index contributed by atoms with van der Waals surface area (Å²) >= 11 is 0. The van der Waals surface area contributed by atoms with Gasteiger partial charge in [-0.3, -0.25) is 0 Å². The minimum Gasteiger partial charge on any atom is -0.491 e. The first kappa shape index (κ1) is 40.0. The third-order valence-corrected chi connectivity index (χ3v) is 12.2. The van der Waals surface area contributed by atoms with Crippen molar-refractivity contribution in [2.75, 3.05) is 108 Å². The van der Waals surface area contributed by atoms with Gasteiger partial charge in [0.2, 0.25) is 0 Å². The van der Waals surface area contributed by atoms with Crippen LogP contribution in [-0.4, -0.2) is 126 Å². The summed E-state index contributed by atoms with van der Waals surface area (Å²) in [6.07, 6.45) is 6.69. The number of allylic oxidation sites excluding steroid dienone is 5. The number of hydrogen-bond acceptors (Lipinski definition) is 9. The molecule has 0 bridgehead atoms. The largest absolute Gasteiger partial charge is 0.491 e. The first-order chi connectivity index (χ1) is 24.7. The highest BCUT2D eigenvalue weighted by molar-refractivity contribution is 6.98. The lowest BCUT2D eigenvalue weighted by atomic mass is 9.88. The second-order valence-electron chi connectivity index (χ2n) is 12.8. The summed E-state index contributed by atoms with van der Waals surface area (Å²) < 4.78 is 47.3. The first-order valence-electron chi connectivity index (χ1n) is 17.3. The molecule has 2 aromatic rings. The van der Waals surface area contributed by atoms with E-state index >= 15 is 0 Å². The number of rotatable bonds is 22. The van der Waals surface area contributed by atoms with Gasteiger partial charge >= 0.3 is 0 Å². The van der Waals surface area contributed by atoms with Gasteiger partial charge in [0.1, 0.15) is 46.9 Å². The Kier molecular flexibility index (Phi) is 15.9. The number of ether oxygens (including phenoxy) is 8. The Hall–Kier alpha value is -3.78. The van der Waals surface area contributed by atoms with E-state index in [1.165, 1.54) is 15.9 Å². The zero-order valence-electron chi connectivity index (χ0n) is 31.2. The van der Waals surface area contributed by atoms with Crippen LogP contribution in [0.2, 0.25) is 13.1 Å². The highest BCUT2D eigenvalue weighted by atomic mass is 28.3. The summed E-state index contributed by atoms with van der Waals surface area (Å²) in [7, 11) is 5.28. The van der Waals surface area contributed by atoms with E-state index in [1.807, 2.05) is 12.1 Å². The third kappa shape index (κ3) is 10.9. The van der Waals surface area contributed by atoms with Crippen LogP contribution in [0.1, 0.15) is 16.7 Å². The van der Waals surface area contributed by atoms with E-state index in [0.29, 0.717) is 83.3 Å². The van der Waals surface area contributed by atoms with Gasteiger partial charge in [-0.1, -0.05) is 42.0 Å². The Morgan fingerprint density at radius 1 is 0.706 bits per heavy atom. The van der Waals surface area contributed by atoms with Gasteiger partial charge in [0, 0.05) is 42.9 Å². The molecule has 0 saturated heterocycles. The molecule has 51 heavy (non-hydrogen) atoms. The lowest BCUT2D eigenvalue weighted by molar-refractivity contribution is -0.462. The zero-order chi connectivity index (χ0) is 36.6. The molecule has 1 aliphatic heterocycles. The maximum atomic E-state index is 9.62. The summed E-state index contributed by atoms with van der Waals surface area (Å²) in [4.78, 5) is 3.15. The molecule has 4 rings (SSSR count). The number of aryl methyl sites for hydroxylation is 1. The molecular formula is C38H53N4O8Si+. The molecule has 0 spiro atoms. The van der Waals surface area contributed by atoms with E-state index in [9.17, 15) is 5.53 Å². The van der Waals surface area contributed by atoms with Crippen LogP contribution in [0.25, 0.3) is 16.0 Å². The van der Waals surface area contributed by atoms with Crippen LogP contribution >= 0.6 is 0 Å². The standard InChI is InChI=1S/C38H53N4O8Si/c1-28-8-10-30-36(24-28)51(6,7)37-25-29(42(2)3)9-11-31(37)38(30)32-26-33(40-41-39)35(50-23-21-48-19-17-46-15-13-44-5)27-34(32)49-22-20-47-18-16-45-14-12-43-4/h8-11,24-27H,12-23H2,1-7H3/q+1. The SMILES string of the molecule is COCCOCCOCCOc1cc(OCCOCCOCCOC)c(C2=C3C=CC(=[N+](C)C)C=C3[Si](C)(C)c3cc(C)ccc32)cc1N=[N+]=[N-]. The molecule has 0 N–H and O–H groups in total. The van der Waals surface area contributed by atoms with Crippen molar-refractivity contribution in [2.45, 2.75) is 20.0 Å². The van der Waals surface area contributed by atoms with Gasteiger partial charge < -0.3 is 37.9 Å². The molecule has 0 fully saturated rings. The average molecular weight is 722 g/mol. The predicted octanol–water partition coefficient (Wildman–Crippen LogP) is 5.53. The van der Waals surface area contributed by atoms with Gasteiger partial charge in [-0.15, -0.1) is 0 Å². The zero-order valence-corrected chi connectivity index (χ0v) is 32.2. The lowest BCUT2D eigenvalue weighted by Crippen LogP contribution is -2.49. The fraction of sp³-hybridized carbons (Fsp3) is 0.500. The Labute approximate surface area is 302 Å². The van der Waals surface area contributed by atoms with E-state index in [0.717, 1.165) is 28.0 Å². The average Bonchev–Trinajstić information content (AvgIpc) is 3.11. The van der Waals surface area contributed by atoms with Gasteiger partial charge in [0.05, 0.1) is 71.8 Å². The van der Waals surface area contributed by atoms with E-state index < -0.39 is 8.07 Å². The van der Waals surface area contributed by atoms with Crippen LogP contribution < -0.4 is 14.7 Å². The van der Waals surface area contributed by atoms with Crippen LogP contribution in [0.4, 0.5) is 5.69 Å². The van der Waals surface area contributed by atoms with Gasteiger partial charge in [0.15, 0.2) is 5.71 Å². The lowest BCUT2D eigenvalue weighted by Gasteiger charge is -2.38. The van der Waals surface area contributed by atoms with Crippen molar-refractivity contribution in [3.8, 4) is 11.5 Å². The Balaban J connectivity index is 1.70. The van der Waals surface area contributed by atoms with Crippen LogP contribution in [-0.2, 0) is 28.4 Å². The number of benzene rings is 2. The van der Waals surface area contributed by atoms with Crippen molar-refractivity contribution >= 4 is 30.2 Å². The summed E-state index contributed by atoms with van der Waals surface area (Å²) in [5.74, 6) is 0.997. The van der Waals surface area contributed by atoms with Crippen LogP contribution in [0, 0.1) is 6.92 Å². The van der Waals surface area contributed by atoms with Gasteiger partial charge in [-0.2, -0.15) is 0 Å². The van der Waals surface area contributed by atoms with Crippen molar-refractivity contribution in [1.82, 2.24) is 0 Å². The highest BCUT2D eigenvalue weighted by Crippen LogP contribution is 2.46. The maximum Gasteiger partial charge on any atom is 0.199 e. The molecule has 2 aliphatic rings. The van der Waals surface area contributed by atoms with Gasteiger partial charge in [0.25, 0.3) is 0 Å². The van der Waals surface area contributed by atoms with E-state index in [-0.39, 0.29) is 13.2 Å². The normalized spacial score (nSPS) is 14.5. The summed E-state index contributed by atoms with van der Waals surface area (Å²) in [5, 5.41) is 6.75. The second kappa shape index (κ2) is 20.3. The minimum absolute atomic E-state index is 0.242. The van der Waals surface area contributed by atoms with Crippen LogP contribution in [0.3, 0.4) is 0 Å². The monoisotopic (exact) mass is 721 g/mol. The van der Waals surface area contributed by atoms with Gasteiger partial charge in [-0.25, -0.2) is 4.58 Å². The molecule has 0 amide bonds. The molecule has 2 aromatic carbocycles. The number of fused-ring (bicyclic) bond motifs is 2. The Morgan fingerprint density at radius 3 is 1.84 bits per heavy atom. The Bertz CT molecular complexity index is 1660. The molecular weight excluding hydrogens is 669 g/mol. The number of methoxy groups -OCH3 is 2. The molecule has 12 nitrogen and oxygen atoms in total. The van der Waals surface area contributed by atoms with Gasteiger partial charge in [-0.05, 0) is 51.7 Å². The second-order valence-corrected chi connectivity index (χ2v) is 17.1. The molecule has 1 aliphatic carbocycles. The predicted molar refractivity (Wildman–Crippen MR) is 202 cm³/mol. The van der Waals surface area contributed by atoms with Crippen LogP contribution in [0.15, 0.2) is 64.4 Å². The van der Waals surface area contributed by atoms with E-state index in [4.69, 9.17) is 37.9 Å². The maximum absolute atomic E-state index is 9.62. The molecule has 0 unspecified atom stereocenters. The molecule has 276 valence electrons. The first-order valence-corrected chi connectivity index (χ1v) is 20.3. The van der Waals surface area contributed by atoms with Crippen molar-refractivity contribution in [1.29, 1.82) is 0 Å². The topological polar surface area (TPSA) is 126 Å². The van der Waals surface area contributed by atoms with Crippen molar-refractivity contribution in [3.05, 3.63) is 86.5 Å². The molecule has 1 heterocycles. The van der Waals surface area contributed by atoms with Crippen molar-refractivity contribution in [3.63, 3.8) is 0 Å². The molecule has 0 saturated carbocycles. The number of nitrogens with zero attached hydrogens (tertiary/aromatic N) is 4. The fourth-order valence-corrected chi connectivity index (χ4v) is 9.13. The summed E-state index contributed by atoms with van der Waals surface area (Å²) in [5.41, 5.74) is 16.5. The smallest absolute Gasteiger partial charge is 0.199 e. The molecule has 0 aromatic heterocycles. The third-order valence-electron chi connectivity index (χ3n) is 8.64. The number of hydrogen-bond donors (Lipinski definition) is 0. The van der Waals surface area contributed by atoms with Crippen LogP contribution in [0.5, 0.6) is 11.5 Å². The molecule has 0 atom stereocenters.